The largest absolute Gasteiger partial charge is 0.512 e. The van der Waals surface area contributed by atoms with Gasteiger partial charge in [0.1, 0.15) is 0 Å². The molecule has 0 aliphatic carbocycles. The first-order valence-electron chi connectivity index (χ1n) is 2.57. The summed E-state index contributed by atoms with van der Waals surface area (Å²) in [5, 5.41) is 19.7. The molecule has 0 aromatic carbocycles. The van der Waals surface area contributed by atoms with Gasteiger partial charge in [0.05, 0.1) is 24.6 Å². The highest BCUT2D eigenvalue weighted by Crippen LogP contribution is 1.79. The molecule has 3 heteroatoms. The van der Waals surface area contributed by atoms with Crippen LogP contribution in [-0.2, 0) is 0 Å². The third kappa shape index (κ3) is 7.04. The third-order valence-electron chi connectivity index (χ3n) is 0.658. The first-order valence-corrected chi connectivity index (χ1v) is 2.57. The van der Waals surface area contributed by atoms with Crippen LogP contribution in [0.15, 0.2) is 24.7 Å². The average Bonchev–Trinajstić information content (AvgIpc) is 1.63. The van der Waals surface area contributed by atoms with E-state index < -0.39 is 0 Å². The summed E-state index contributed by atoms with van der Waals surface area (Å²) < 4.78 is 0. The van der Waals surface area contributed by atoms with Crippen molar-refractivity contribution in [2.45, 2.75) is 0 Å². The van der Waals surface area contributed by atoms with Gasteiger partial charge in [-0.1, -0.05) is 13.2 Å². The predicted molar refractivity (Wildman–Crippen MR) is 36.4 cm³/mol. The number of rotatable bonds is 4. The molecule has 0 unspecified atom stereocenters. The Bertz CT molecular complexity index is 106. The second kappa shape index (κ2) is 3.97. The minimum atomic E-state index is 0.0521. The number of hydrogen-bond donors (Lipinski definition) is 3. The van der Waals surface area contributed by atoms with Crippen LogP contribution in [0.25, 0.3) is 0 Å². The molecule has 0 aliphatic rings. The summed E-state index contributed by atoms with van der Waals surface area (Å²) in [7, 11) is 0. The zero-order chi connectivity index (χ0) is 7.28. The maximum Gasteiger partial charge on any atom is 0.0989 e. The summed E-state index contributed by atoms with van der Waals surface area (Å²) in [5.74, 6) is 0.104. The molecule has 0 radical (unpaired) electrons. The Balaban J connectivity index is 3.10. The van der Waals surface area contributed by atoms with E-state index in [0.29, 0.717) is 13.1 Å². The van der Waals surface area contributed by atoms with Gasteiger partial charge in [0, 0.05) is 0 Å². The Hall–Kier alpha value is -0.960. The molecule has 3 N–H and O–H groups in total. The Morgan fingerprint density at radius 3 is 1.67 bits per heavy atom. The number of aliphatic hydroxyl groups excluding tert-OH is 2. The molecule has 0 saturated heterocycles. The second-order valence-electron chi connectivity index (χ2n) is 1.74. The van der Waals surface area contributed by atoms with Crippen LogP contribution in [0, 0.1) is 0 Å². The van der Waals surface area contributed by atoms with Gasteiger partial charge < -0.3 is 15.5 Å². The van der Waals surface area contributed by atoms with E-state index in [2.05, 4.69) is 18.5 Å². The zero-order valence-electron chi connectivity index (χ0n) is 5.22. The molecule has 0 aromatic rings. The van der Waals surface area contributed by atoms with Crippen molar-refractivity contribution in [1.29, 1.82) is 0 Å². The van der Waals surface area contributed by atoms with E-state index >= 15 is 0 Å². The van der Waals surface area contributed by atoms with Crippen LogP contribution in [0.4, 0.5) is 0 Å². The van der Waals surface area contributed by atoms with Gasteiger partial charge >= 0.3 is 0 Å². The lowest BCUT2D eigenvalue weighted by Crippen LogP contribution is -2.18. The highest BCUT2D eigenvalue weighted by Gasteiger charge is 1.88. The van der Waals surface area contributed by atoms with Crippen molar-refractivity contribution in [1.82, 2.24) is 5.32 Å². The minimum Gasteiger partial charge on any atom is -0.512 e. The smallest absolute Gasteiger partial charge is 0.0989 e. The third-order valence-corrected chi connectivity index (χ3v) is 0.658. The molecule has 3 nitrogen and oxygen atoms in total. The highest BCUT2D eigenvalue weighted by atomic mass is 16.3. The summed E-state index contributed by atoms with van der Waals surface area (Å²) in [4.78, 5) is 0. The van der Waals surface area contributed by atoms with Gasteiger partial charge in [0.25, 0.3) is 0 Å². The summed E-state index contributed by atoms with van der Waals surface area (Å²) >= 11 is 0. The lowest BCUT2D eigenvalue weighted by Gasteiger charge is -1.99. The second-order valence-corrected chi connectivity index (χ2v) is 1.74. The number of nitrogens with one attached hydrogen (secondary N) is 1. The zero-order valence-corrected chi connectivity index (χ0v) is 5.22. The molecule has 0 aromatic heterocycles. The van der Waals surface area contributed by atoms with Gasteiger partial charge in [-0.3, -0.25) is 0 Å². The standard InChI is InChI=1S/C6H11NO2/c1-5(8)3-7-4-6(2)9/h7-9H,1-4H2. The summed E-state index contributed by atoms with van der Waals surface area (Å²) in [6.07, 6.45) is 0. The summed E-state index contributed by atoms with van der Waals surface area (Å²) in [6.45, 7) is 7.05. The first kappa shape index (κ1) is 8.04. The molecule has 0 spiro atoms. The van der Waals surface area contributed by atoms with Crippen LogP contribution in [0.1, 0.15) is 0 Å². The van der Waals surface area contributed by atoms with Crippen LogP contribution in [0.5, 0.6) is 0 Å². The van der Waals surface area contributed by atoms with Gasteiger partial charge in [-0.15, -0.1) is 0 Å². The molecule has 0 atom stereocenters. The molecule has 52 valence electrons. The van der Waals surface area contributed by atoms with E-state index in [-0.39, 0.29) is 11.5 Å². The van der Waals surface area contributed by atoms with E-state index in [1.54, 1.807) is 0 Å². The molecule has 0 saturated carbocycles. The number of hydrogen-bond acceptors (Lipinski definition) is 3. The molecular weight excluding hydrogens is 118 g/mol. The van der Waals surface area contributed by atoms with Crippen molar-refractivity contribution in [3.8, 4) is 0 Å². The molecule has 0 amide bonds. The Morgan fingerprint density at radius 1 is 1.11 bits per heavy atom. The van der Waals surface area contributed by atoms with Crippen molar-refractivity contribution in [2.24, 2.45) is 0 Å². The highest BCUT2D eigenvalue weighted by molar-refractivity contribution is 4.87. The van der Waals surface area contributed by atoms with E-state index in [1.165, 1.54) is 0 Å². The molecule has 9 heavy (non-hydrogen) atoms. The SMILES string of the molecule is C=C(O)CNCC(=C)O. The fourth-order valence-electron chi connectivity index (χ4n) is 0.351. The van der Waals surface area contributed by atoms with E-state index in [4.69, 9.17) is 10.2 Å². The molecule has 0 aliphatic heterocycles. The number of aliphatic hydroxyl groups is 2. The monoisotopic (exact) mass is 129 g/mol. The lowest BCUT2D eigenvalue weighted by atomic mass is 10.5. The first-order chi connectivity index (χ1) is 4.13. The van der Waals surface area contributed by atoms with Gasteiger partial charge in [-0.25, -0.2) is 0 Å². The van der Waals surface area contributed by atoms with Gasteiger partial charge in [-0.2, -0.15) is 0 Å². The van der Waals surface area contributed by atoms with Crippen LogP contribution in [0.2, 0.25) is 0 Å². The molecule has 0 heterocycles. The Labute approximate surface area is 54.3 Å². The molecule has 0 fully saturated rings. The van der Waals surface area contributed by atoms with Crippen molar-refractivity contribution in [3.05, 3.63) is 24.7 Å². The quantitative estimate of drug-likeness (QED) is 0.490. The molecule has 0 bridgehead atoms. The van der Waals surface area contributed by atoms with Gasteiger partial charge in [0.15, 0.2) is 0 Å². The topological polar surface area (TPSA) is 52.5 Å². The van der Waals surface area contributed by atoms with Crippen LogP contribution in [0.3, 0.4) is 0 Å². The van der Waals surface area contributed by atoms with Crippen molar-refractivity contribution < 1.29 is 10.2 Å². The van der Waals surface area contributed by atoms with Crippen molar-refractivity contribution in [2.75, 3.05) is 13.1 Å². The fourth-order valence-corrected chi connectivity index (χ4v) is 0.351. The van der Waals surface area contributed by atoms with E-state index in [9.17, 15) is 0 Å². The van der Waals surface area contributed by atoms with Crippen molar-refractivity contribution >= 4 is 0 Å². The fraction of sp³-hybridized carbons (Fsp3) is 0.333. The van der Waals surface area contributed by atoms with Gasteiger partial charge in [-0.05, 0) is 0 Å². The van der Waals surface area contributed by atoms with Crippen LogP contribution >= 0.6 is 0 Å². The molecule has 0 rings (SSSR count). The Kier molecular flexibility index (Phi) is 3.55. The molecular formula is C6H11NO2. The Morgan fingerprint density at radius 2 is 1.44 bits per heavy atom. The average molecular weight is 129 g/mol. The van der Waals surface area contributed by atoms with Gasteiger partial charge in [0.2, 0.25) is 0 Å². The lowest BCUT2D eigenvalue weighted by molar-refractivity contribution is 0.370. The normalized spacial score (nSPS) is 8.89. The summed E-state index contributed by atoms with van der Waals surface area (Å²) in [5.41, 5.74) is 0. The van der Waals surface area contributed by atoms with Crippen LogP contribution < -0.4 is 5.32 Å². The van der Waals surface area contributed by atoms with Crippen molar-refractivity contribution in [3.63, 3.8) is 0 Å². The minimum absolute atomic E-state index is 0.0521. The summed E-state index contributed by atoms with van der Waals surface area (Å²) in [6, 6.07) is 0. The maximum atomic E-state index is 8.50. The van der Waals surface area contributed by atoms with E-state index in [0.717, 1.165) is 0 Å². The maximum absolute atomic E-state index is 8.50. The van der Waals surface area contributed by atoms with E-state index in [1.807, 2.05) is 0 Å². The predicted octanol–water partition coefficient (Wildman–Crippen LogP) is 0.719. The van der Waals surface area contributed by atoms with Crippen LogP contribution in [-0.4, -0.2) is 23.3 Å².